The smallest absolute Gasteiger partial charge is 0.144 e. The van der Waals surface area contributed by atoms with Gasteiger partial charge in [-0.25, -0.2) is 4.39 Å². The van der Waals surface area contributed by atoms with Gasteiger partial charge in [0, 0.05) is 4.88 Å². The van der Waals surface area contributed by atoms with E-state index >= 15 is 4.39 Å². The van der Waals surface area contributed by atoms with Crippen LogP contribution in [0.15, 0.2) is 29.8 Å². The highest BCUT2D eigenvalue weighted by atomic mass is 32.1. The standard InChI is InChI=1S/C27H39FS/c1-5-7-21-11-13-22(14-12-21)25-17-15-23-18-24(29-27(23)26(25)28)16-10-20(4)9-8-19(3)6-2/h9,15,17-19,21-22H,5-8,10-14,16H2,1-4H3/b20-9+. The van der Waals surface area contributed by atoms with Gasteiger partial charge < -0.3 is 0 Å². The van der Waals surface area contributed by atoms with Crippen LogP contribution in [-0.2, 0) is 6.42 Å². The summed E-state index contributed by atoms with van der Waals surface area (Å²) in [4.78, 5) is 1.32. The third-order valence-corrected chi connectivity index (χ3v) is 8.23. The summed E-state index contributed by atoms with van der Waals surface area (Å²) >= 11 is 1.68. The molecule has 1 fully saturated rings. The van der Waals surface area contributed by atoms with Crippen molar-refractivity contribution in [2.45, 2.75) is 97.8 Å². The van der Waals surface area contributed by atoms with Gasteiger partial charge in [-0.05, 0) is 86.6 Å². The Hall–Kier alpha value is -1.15. The lowest BCUT2D eigenvalue weighted by Crippen LogP contribution is -2.14. The van der Waals surface area contributed by atoms with Crippen molar-refractivity contribution < 1.29 is 4.39 Å². The van der Waals surface area contributed by atoms with E-state index in [-0.39, 0.29) is 5.82 Å². The molecule has 0 amide bonds. The first-order valence-corrected chi connectivity index (χ1v) is 12.7. The van der Waals surface area contributed by atoms with Gasteiger partial charge in [0.25, 0.3) is 0 Å². The zero-order valence-electron chi connectivity index (χ0n) is 18.9. The van der Waals surface area contributed by atoms with Crippen molar-refractivity contribution in [3.63, 3.8) is 0 Å². The highest BCUT2D eigenvalue weighted by Crippen LogP contribution is 2.41. The van der Waals surface area contributed by atoms with Crippen molar-refractivity contribution in [1.82, 2.24) is 0 Å². The van der Waals surface area contributed by atoms with Gasteiger partial charge in [-0.1, -0.05) is 63.8 Å². The number of allylic oxidation sites excluding steroid dienone is 2. The third kappa shape index (κ3) is 5.94. The number of hydrogen-bond donors (Lipinski definition) is 0. The molecule has 1 aromatic carbocycles. The Kier molecular flexibility index (Phi) is 8.35. The molecule has 160 valence electrons. The fourth-order valence-electron chi connectivity index (χ4n) is 4.74. The molecule has 1 unspecified atom stereocenters. The quantitative estimate of drug-likeness (QED) is 0.358. The first-order valence-electron chi connectivity index (χ1n) is 11.9. The van der Waals surface area contributed by atoms with Crippen LogP contribution in [0.2, 0.25) is 0 Å². The van der Waals surface area contributed by atoms with Crippen LogP contribution >= 0.6 is 11.3 Å². The van der Waals surface area contributed by atoms with Gasteiger partial charge in [-0.15, -0.1) is 11.3 Å². The van der Waals surface area contributed by atoms with Crippen LogP contribution in [-0.4, -0.2) is 0 Å². The molecule has 0 N–H and O–H groups in total. The molecule has 2 aromatic rings. The fraction of sp³-hybridized carbons (Fsp3) is 0.630. The van der Waals surface area contributed by atoms with Crippen molar-refractivity contribution in [3.8, 4) is 0 Å². The van der Waals surface area contributed by atoms with Crippen LogP contribution in [0.3, 0.4) is 0 Å². The van der Waals surface area contributed by atoms with Gasteiger partial charge in [-0.3, -0.25) is 0 Å². The van der Waals surface area contributed by atoms with E-state index in [4.69, 9.17) is 0 Å². The topological polar surface area (TPSA) is 0 Å². The van der Waals surface area contributed by atoms with E-state index in [0.717, 1.165) is 53.2 Å². The van der Waals surface area contributed by atoms with Crippen molar-refractivity contribution in [1.29, 1.82) is 0 Å². The summed E-state index contributed by atoms with van der Waals surface area (Å²) in [6.07, 6.45) is 14.4. The summed E-state index contributed by atoms with van der Waals surface area (Å²) in [6, 6.07) is 6.46. The van der Waals surface area contributed by atoms with Crippen LogP contribution in [0.25, 0.3) is 10.1 Å². The van der Waals surface area contributed by atoms with Crippen LogP contribution in [0, 0.1) is 17.7 Å². The number of rotatable bonds is 9. The van der Waals surface area contributed by atoms with Gasteiger partial charge in [0.15, 0.2) is 0 Å². The molecule has 0 nitrogen and oxygen atoms in total. The molecule has 1 heterocycles. The predicted octanol–water partition coefficient (Wildman–Crippen LogP) is 9.43. The highest BCUT2D eigenvalue weighted by Gasteiger charge is 2.25. The number of thiophene rings is 1. The van der Waals surface area contributed by atoms with Crippen molar-refractivity contribution >= 4 is 21.4 Å². The molecule has 0 radical (unpaired) electrons. The van der Waals surface area contributed by atoms with E-state index < -0.39 is 0 Å². The first-order chi connectivity index (χ1) is 14.0. The van der Waals surface area contributed by atoms with Gasteiger partial charge in [-0.2, -0.15) is 0 Å². The minimum absolute atomic E-state index is 0.0710. The van der Waals surface area contributed by atoms with Crippen molar-refractivity contribution in [2.75, 3.05) is 0 Å². The van der Waals surface area contributed by atoms with Crippen LogP contribution < -0.4 is 0 Å². The molecule has 1 saturated carbocycles. The van der Waals surface area contributed by atoms with Crippen LogP contribution in [0.4, 0.5) is 4.39 Å². The third-order valence-electron chi connectivity index (χ3n) is 7.02. The summed E-state index contributed by atoms with van der Waals surface area (Å²) < 4.78 is 16.2. The molecule has 1 aliphatic rings. The van der Waals surface area contributed by atoms with Gasteiger partial charge in [0.05, 0.1) is 4.70 Å². The van der Waals surface area contributed by atoms with E-state index in [1.165, 1.54) is 49.0 Å². The van der Waals surface area contributed by atoms with Gasteiger partial charge >= 0.3 is 0 Å². The fourth-order valence-corrected chi connectivity index (χ4v) is 5.84. The van der Waals surface area contributed by atoms with Gasteiger partial charge in [0.1, 0.15) is 5.82 Å². The Balaban J connectivity index is 1.65. The molecule has 0 bridgehead atoms. The molecule has 0 spiro atoms. The number of hydrogen-bond acceptors (Lipinski definition) is 1. The minimum atomic E-state index is 0.0710. The summed E-state index contributed by atoms with van der Waals surface area (Å²) in [6.45, 7) is 9.08. The molecule has 1 aliphatic carbocycles. The number of fused-ring (bicyclic) bond motifs is 1. The van der Waals surface area contributed by atoms with Gasteiger partial charge in [0.2, 0.25) is 0 Å². The van der Waals surface area contributed by atoms with Crippen LogP contribution in [0.1, 0.15) is 102 Å². The second kappa shape index (κ2) is 10.8. The Bertz CT molecular complexity index is 807. The maximum atomic E-state index is 15.4. The first kappa shape index (κ1) is 22.5. The number of benzene rings is 1. The number of aryl methyl sites for hydroxylation is 1. The lowest BCUT2D eigenvalue weighted by molar-refractivity contribution is 0.305. The summed E-state index contributed by atoms with van der Waals surface area (Å²) in [5.74, 6) is 2.12. The summed E-state index contributed by atoms with van der Waals surface area (Å²) in [5.41, 5.74) is 2.44. The van der Waals surface area contributed by atoms with E-state index in [9.17, 15) is 0 Å². The second-order valence-corrected chi connectivity index (χ2v) is 10.5. The second-order valence-electron chi connectivity index (χ2n) is 9.41. The minimum Gasteiger partial charge on any atom is -0.205 e. The lowest BCUT2D eigenvalue weighted by atomic mass is 9.77. The molecule has 0 saturated heterocycles. The molecular formula is C27H39FS. The molecule has 3 rings (SSSR count). The van der Waals surface area contributed by atoms with E-state index in [1.807, 2.05) is 0 Å². The maximum Gasteiger partial charge on any atom is 0.144 e. The summed E-state index contributed by atoms with van der Waals surface area (Å²) in [7, 11) is 0. The SMILES string of the molecule is CCCC1CCC(c2ccc3cc(CC/C(C)=C/CC(C)CC)sc3c2F)CC1. The molecule has 1 atom stereocenters. The number of halogens is 1. The summed E-state index contributed by atoms with van der Waals surface area (Å²) in [5, 5.41) is 1.09. The molecule has 1 aromatic heterocycles. The zero-order valence-corrected chi connectivity index (χ0v) is 19.7. The Morgan fingerprint density at radius 2 is 1.97 bits per heavy atom. The normalized spacial score (nSPS) is 21.6. The monoisotopic (exact) mass is 414 g/mol. The average Bonchev–Trinajstić information content (AvgIpc) is 3.16. The molecular weight excluding hydrogens is 375 g/mol. The van der Waals surface area contributed by atoms with E-state index in [0.29, 0.717) is 5.92 Å². The maximum absolute atomic E-state index is 15.4. The Morgan fingerprint density at radius 3 is 2.66 bits per heavy atom. The predicted molar refractivity (Wildman–Crippen MR) is 128 cm³/mol. The van der Waals surface area contributed by atoms with E-state index in [2.05, 4.69) is 52.0 Å². The van der Waals surface area contributed by atoms with E-state index in [1.54, 1.807) is 11.3 Å². The van der Waals surface area contributed by atoms with Crippen molar-refractivity contribution in [2.24, 2.45) is 11.8 Å². The molecule has 2 heteroatoms. The zero-order chi connectivity index (χ0) is 20.8. The lowest BCUT2D eigenvalue weighted by Gasteiger charge is -2.28. The Morgan fingerprint density at radius 1 is 1.21 bits per heavy atom. The molecule has 0 aliphatic heterocycles. The average molecular weight is 415 g/mol. The van der Waals surface area contributed by atoms with Crippen LogP contribution in [0.5, 0.6) is 0 Å². The largest absolute Gasteiger partial charge is 0.205 e. The molecule has 29 heavy (non-hydrogen) atoms. The van der Waals surface area contributed by atoms with Crippen molar-refractivity contribution in [3.05, 3.63) is 46.1 Å². The Labute approximate surface area is 181 Å². The highest BCUT2D eigenvalue weighted by molar-refractivity contribution is 7.19.